The number of rotatable bonds is 7. The zero-order chi connectivity index (χ0) is 22.8. The molecule has 4 aromatic rings. The average molecular weight is 502 g/mol. The number of anilines is 1. The molecular weight excluding hydrogens is 478 g/mol. The lowest BCUT2D eigenvalue weighted by Crippen LogP contribution is -2.53. The number of piperidine rings is 1. The van der Waals surface area contributed by atoms with Gasteiger partial charge < -0.3 is 0 Å². The molecule has 33 heavy (non-hydrogen) atoms. The van der Waals surface area contributed by atoms with Gasteiger partial charge in [-0.05, 0) is 42.5 Å². The number of nitrogens with zero attached hydrogens (tertiary/aromatic N) is 5. The number of thiazole rings is 1. The number of amides is 1. The Bertz CT molecular complexity index is 1300. The van der Waals surface area contributed by atoms with Crippen LogP contribution < -0.4 is 4.90 Å². The van der Waals surface area contributed by atoms with E-state index in [4.69, 9.17) is 4.98 Å². The Labute approximate surface area is 200 Å². The summed E-state index contributed by atoms with van der Waals surface area (Å²) in [7, 11) is -3.74. The minimum atomic E-state index is -3.74. The Balaban J connectivity index is 1.49. The Morgan fingerprint density at radius 3 is 2.79 bits per heavy atom. The summed E-state index contributed by atoms with van der Waals surface area (Å²) in [5.74, 6) is -0.235. The molecule has 1 amide bonds. The highest BCUT2D eigenvalue weighted by atomic mass is 32.2. The summed E-state index contributed by atoms with van der Waals surface area (Å²) in [5, 5.41) is 6.56. The number of sulfonamides is 1. The molecule has 172 valence electrons. The lowest BCUT2D eigenvalue weighted by Gasteiger charge is -2.35. The van der Waals surface area contributed by atoms with Crippen LogP contribution in [0.15, 0.2) is 64.4 Å². The minimum absolute atomic E-state index is 0.235. The quantitative estimate of drug-likeness (QED) is 0.384. The van der Waals surface area contributed by atoms with Crippen molar-refractivity contribution < 1.29 is 13.2 Å². The molecule has 1 atom stereocenters. The highest BCUT2D eigenvalue weighted by Crippen LogP contribution is 2.33. The minimum Gasteiger partial charge on any atom is -0.285 e. The third-order valence-corrected chi connectivity index (χ3v) is 10.0. The molecule has 1 fully saturated rings. The maximum Gasteiger partial charge on any atom is 0.253 e. The predicted molar refractivity (Wildman–Crippen MR) is 130 cm³/mol. The molecule has 1 saturated heterocycles. The zero-order valence-corrected chi connectivity index (χ0v) is 20.2. The number of benzene rings is 1. The summed E-state index contributed by atoms with van der Waals surface area (Å²) in [6.07, 6.45) is 5.57. The van der Waals surface area contributed by atoms with Crippen molar-refractivity contribution in [3.8, 4) is 0 Å². The summed E-state index contributed by atoms with van der Waals surface area (Å²) < 4.78 is 31.1. The number of thiophene rings is 1. The molecular formula is C22H23N5O3S3. The number of aromatic nitrogens is 3. The molecule has 5 rings (SSSR count). The van der Waals surface area contributed by atoms with Gasteiger partial charge in [-0.2, -0.15) is 9.40 Å². The topological polar surface area (TPSA) is 88.4 Å². The van der Waals surface area contributed by atoms with Crippen molar-refractivity contribution in [2.45, 2.75) is 36.1 Å². The van der Waals surface area contributed by atoms with E-state index in [1.54, 1.807) is 33.3 Å². The zero-order valence-electron chi connectivity index (χ0n) is 17.8. The number of carbonyl (C=O) groups excluding carboxylic acids is 1. The van der Waals surface area contributed by atoms with Gasteiger partial charge in [0.1, 0.15) is 10.3 Å². The molecule has 0 bridgehead atoms. The molecule has 0 spiro atoms. The van der Waals surface area contributed by atoms with Crippen molar-refractivity contribution in [2.24, 2.45) is 0 Å². The van der Waals surface area contributed by atoms with Gasteiger partial charge in [-0.1, -0.05) is 36.0 Å². The van der Waals surface area contributed by atoms with E-state index in [9.17, 15) is 13.2 Å². The third kappa shape index (κ3) is 4.45. The van der Waals surface area contributed by atoms with E-state index in [0.29, 0.717) is 31.2 Å². The molecule has 3 aromatic heterocycles. The Morgan fingerprint density at radius 2 is 2.03 bits per heavy atom. The van der Waals surface area contributed by atoms with Gasteiger partial charge in [0.2, 0.25) is 5.91 Å². The van der Waals surface area contributed by atoms with Crippen molar-refractivity contribution in [1.29, 1.82) is 0 Å². The second kappa shape index (κ2) is 9.34. The van der Waals surface area contributed by atoms with Gasteiger partial charge >= 0.3 is 0 Å². The van der Waals surface area contributed by atoms with Crippen molar-refractivity contribution in [3.05, 3.63) is 60.2 Å². The monoisotopic (exact) mass is 501 g/mol. The SMILES string of the molecule is O=C(C1CCCCN1S(=O)(=O)c1cccs1)N(CCn1cccn1)c1nc2ccccc2s1. The van der Waals surface area contributed by atoms with Crippen molar-refractivity contribution >= 4 is 54.0 Å². The van der Waals surface area contributed by atoms with Crippen LogP contribution in [0.25, 0.3) is 10.2 Å². The largest absolute Gasteiger partial charge is 0.285 e. The lowest BCUT2D eigenvalue weighted by atomic mass is 10.0. The molecule has 8 nitrogen and oxygen atoms in total. The van der Waals surface area contributed by atoms with Gasteiger partial charge in [0.05, 0.1) is 16.8 Å². The van der Waals surface area contributed by atoms with Crippen LogP contribution in [-0.2, 0) is 21.4 Å². The molecule has 0 saturated carbocycles. The first kappa shape index (κ1) is 22.2. The van der Waals surface area contributed by atoms with Gasteiger partial charge in [-0.15, -0.1) is 11.3 Å². The van der Waals surface area contributed by atoms with E-state index in [1.165, 1.54) is 27.0 Å². The maximum absolute atomic E-state index is 13.9. The van der Waals surface area contributed by atoms with E-state index >= 15 is 0 Å². The van der Waals surface area contributed by atoms with Gasteiger partial charge in [-0.3, -0.25) is 14.4 Å². The Morgan fingerprint density at radius 1 is 1.15 bits per heavy atom. The summed E-state index contributed by atoms with van der Waals surface area (Å²) in [6.45, 7) is 1.17. The fraction of sp³-hybridized carbons (Fsp3) is 0.318. The van der Waals surface area contributed by atoms with Crippen LogP contribution in [0, 0.1) is 0 Å². The molecule has 1 aliphatic heterocycles. The fourth-order valence-corrected chi connectivity index (χ4v) is 7.82. The lowest BCUT2D eigenvalue weighted by molar-refractivity contribution is -0.123. The number of hydrogen-bond acceptors (Lipinski definition) is 7. The van der Waals surface area contributed by atoms with Crippen molar-refractivity contribution in [2.75, 3.05) is 18.0 Å². The second-order valence-corrected chi connectivity index (χ2v) is 11.9. The van der Waals surface area contributed by atoms with Crippen molar-refractivity contribution in [3.63, 3.8) is 0 Å². The highest BCUT2D eigenvalue weighted by molar-refractivity contribution is 7.91. The molecule has 1 aliphatic rings. The smallest absolute Gasteiger partial charge is 0.253 e. The van der Waals surface area contributed by atoms with Gasteiger partial charge in [0, 0.05) is 25.5 Å². The predicted octanol–water partition coefficient (Wildman–Crippen LogP) is 3.83. The van der Waals surface area contributed by atoms with Gasteiger partial charge in [0.15, 0.2) is 5.13 Å². The first-order chi connectivity index (χ1) is 16.0. The van der Waals surface area contributed by atoms with Crippen LogP contribution in [-0.4, -0.2) is 52.5 Å². The summed E-state index contributed by atoms with van der Waals surface area (Å²) >= 11 is 2.62. The normalized spacial score (nSPS) is 17.4. The first-order valence-corrected chi connectivity index (χ1v) is 13.9. The molecule has 0 radical (unpaired) electrons. The first-order valence-electron chi connectivity index (χ1n) is 10.7. The fourth-order valence-electron chi connectivity index (χ4n) is 4.06. The van der Waals surface area contributed by atoms with Gasteiger partial charge in [0.25, 0.3) is 10.0 Å². The maximum atomic E-state index is 13.9. The van der Waals surface area contributed by atoms with Crippen molar-refractivity contribution in [1.82, 2.24) is 19.1 Å². The molecule has 1 unspecified atom stereocenters. The van der Waals surface area contributed by atoms with E-state index in [1.807, 2.05) is 36.5 Å². The van der Waals surface area contributed by atoms with Crippen LogP contribution in [0.4, 0.5) is 5.13 Å². The van der Waals surface area contributed by atoms with Crippen LogP contribution in [0.1, 0.15) is 19.3 Å². The molecule has 11 heteroatoms. The Kier molecular flexibility index (Phi) is 6.28. The average Bonchev–Trinajstić information content (AvgIpc) is 3.61. The number of carbonyl (C=O) groups is 1. The second-order valence-electron chi connectivity index (χ2n) is 7.78. The van der Waals surface area contributed by atoms with E-state index in [2.05, 4.69) is 5.10 Å². The molecule has 4 heterocycles. The van der Waals surface area contributed by atoms with Crippen LogP contribution in [0.2, 0.25) is 0 Å². The summed E-state index contributed by atoms with van der Waals surface area (Å²) in [6, 6.07) is 12.1. The van der Waals surface area contributed by atoms with E-state index in [0.717, 1.165) is 23.1 Å². The highest BCUT2D eigenvalue weighted by Gasteiger charge is 2.40. The molecule has 0 N–H and O–H groups in total. The van der Waals surface area contributed by atoms with E-state index < -0.39 is 16.1 Å². The summed E-state index contributed by atoms with van der Waals surface area (Å²) in [4.78, 5) is 20.3. The summed E-state index contributed by atoms with van der Waals surface area (Å²) in [5.41, 5.74) is 0.820. The number of para-hydroxylation sites is 1. The number of hydrogen-bond donors (Lipinski definition) is 0. The Hall–Kier alpha value is -2.60. The van der Waals surface area contributed by atoms with E-state index in [-0.39, 0.29) is 10.1 Å². The van der Waals surface area contributed by atoms with Gasteiger partial charge in [-0.25, -0.2) is 13.4 Å². The third-order valence-electron chi connectivity index (χ3n) is 5.69. The van der Waals surface area contributed by atoms with Crippen LogP contribution >= 0.6 is 22.7 Å². The molecule has 0 aliphatic carbocycles. The standard InChI is InChI=1S/C22H23N5O3S3/c28-21(18-8-3-4-13-27(18)33(29,30)20-10-5-16-31-20)26(15-14-25-12-6-11-23-25)22-24-17-7-1-2-9-19(17)32-22/h1-2,5-7,9-12,16,18H,3-4,8,13-15H2. The number of fused-ring (bicyclic) bond motifs is 1. The van der Waals surface area contributed by atoms with Crippen LogP contribution in [0.3, 0.4) is 0 Å². The van der Waals surface area contributed by atoms with Crippen LogP contribution in [0.5, 0.6) is 0 Å². The molecule has 1 aromatic carbocycles.